The molecule has 0 saturated heterocycles. The minimum atomic E-state index is -0.485. The van der Waals surface area contributed by atoms with Crippen LogP contribution < -0.4 is 10.2 Å². The van der Waals surface area contributed by atoms with Gasteiger partial charge in [-0.2, -0.15) is 5.10 Å². The van der Waals surface area contributed by atoms with Gasteiger partial charge in [-0.1, -0.05) is 54.6 Å². The molecule has 0 saturated carbocycles. The Morgan fingerprint density at radius 1 is 0.968 bits per heavy atom. The second kappa shape index (κ2) is 9.45. The third-order valence-corrected chi connectivity index (χ3v) is 5.30. The molecule has 4 aromatic carbocycles. The lowest BCUT2D eigenvalue weighted by molar-refractivity contribution is 0.0952. The number of aromatic hydroxyl groups is 1. The summed E-state index contributed by atoms with van der Waals surface area (Å²) in [5, 5.41) is 15.9. The van der Waals surface area contributed by atoms with Crippen LogP contribution in [0.1, 0.15) is 21.5 Å². The number of ether oxygens (including phenoxy) is 1. The highest BCUT2D eigenvalue weighted by Crippen LogP contribution is 2.27. The Morgan fingerprint density at radius 2 is 1.68 bits per heavy atom. The van der Waals surface area contributed by atoms with Gasteiger partial charge in [0.1, 0.15) is 18.1 Å². The Kier molecular flexibility index (Phi) is 6.29. The van der Waals surface area contributed by atoms with Crippen molar-refractivity contribution in [3.05, 3.63) is 106 Å². The van der Waals surface area contributed by atoms with Crippen LogP contribution in [-0.2, 0) is 6.61 Å². The number of hydrogen-bond donors (Lipinski definition) is 2. The molecule has 2 N–H and O–H groups in total. The predicted molar refractivity (Wildman–Crippen MR) is 126 cm³/mol. The summed E-state index contributed by atoms with van der Waals surface area (Å²) < 4.78 is 6.62. The van der Waals surface area contributed by atoms with Crippen LogP contribution in [-0.4, -0.2) is 17.2 Å². The van der Waals surface area contributed by atoms with Crippen molar-refractivity contribution in [1.29, 1.82) is 0 Å². The van der Waals surface area contributed by atoms with Gasteiger partial charge in [-0.05, 0) is 68.2 Å². The zero-order chi connectivity index (χ0) is 21.6. The second-order valence-corrected chi connectivity index (χ2v) is 7.73. The van der Waals surface area contributed by atoms with Crippen LogP contribution in [0, 0.1) is 0 Å². The number of hydrazone groups is 1. The van der Waals surface area contributed by atoms with E-state index in [1.807, 2.05) is 72.8 Å². The number of halogens is 1. The zero-order valence-electron chi connectivity index (χ0n) is 16.5. The highest BCUT2D eigenvalue weighted by molar-refractivity contribution is 9.10. The van der Waals surface area contributed by atoms with E-state index in [0.717, 1.165) is 26.4 Å². The van der Waals surface area contributed by atoms with E-state index >= 15 is 0 Å². The monoisotopic (exact) mass is 474 g/mol. The lowest BCUT2D eigenvalue weighted by atomic mass is 10.1. The fourth-order valence-electron chi connectivity index (χ4n) is 3.09. The quantitative estimate of drug-likeness (QED) is 0.280. The molecule has 5 nitrogen and oxygen atoms in total. The van der Waals surface area contributed by atoms with Gasteiger partial charge >= 0.3 is 0 Å². The molecule has 0 aromatic heterocycles. The minimum absolute atomic E-state index is 0.0888. The fourth-order valence-corrected chi connectivity index (χ4v) is 3.60. The number of nitrogens with zero attached hydrogens (tertiary/aromatic N) is 1. The van der Waals surface area contributed by atoms with E-state index in [4.69, 9.17) is 4.74 Å². The number of hydrogen-bond acceptors (Lipinski definition) is 4. The first-order chi connectivity index (χ1) is 15.1. The summed E-state index contributed by atoms with van der Waals surface area (Å²) in [7, 11) is 0. The van der Waals surface area contributed by atoms with E-state index in [1.54, 1.807) is 12.1 Å². The molecular formula is C25H19BrN2O3. The van der Waals surface area contributed by atoms with Crippen molar-refractivity contribution in [2.24, 2.45) is 5.10 Å². The highest BCUT2D eigenvalue weighted by Gasteiger charge is 2.11. The number of amides is 1. The molecule has 6 heteroatoms. The number of carbonyl (C=O) groups is 1. The summed E-state index contributed by atoms with van der Waals surface area (Å²) in [5.41, 5.74) is 4.49. The lowest BCUT2D eigenvalue weighted by Crippen LogP contribution is -2.17. The molecule has 4 aromatic rings. The summed E-state index contributed by atoms with van der Waals surface area (Å²) in [6.45, 7) is 0.470. The van der Waals surface area contributed by atoms with Crippen LogP contribution in [0.3, 0.4) is 0 Å². The molecule has 0 heterocycles. The van der Waals surface area contributed by atoms with Crippen LogP contribution in [0.25, 0.3) is 10.8 Å². The van der Waals surface area contributed by atoms with Gasteiger partial charge in [-0.25, -0.2) is 5.43 Å². The summed E-state index contributed by atoms with van der Waals surface area (Å²) >= 11 is 3.50. The fraction of sp³-hybridized carbons (Fsp3) is 0.0400. The topological polar surface area (TPSA) is 70.9 Å². The molecule has 0 aliphatic carbocycles. The molecule has 0 aliphatic heterocycles. The van der Waals surface area contributed by atoms with Crippen molar-refractivity contribution in [3.8, 4) is 11.5 Å². The van der Waals surface area contributed by atoms with Gasteiger partial charge in [0.05, 0.1) is 16.3 Å². The normalized spacial score (nSPS) is 11.0. The van der Waals surface area contributed by atoms with Gasteiger partial charge in [0.25, 0.3) is 5.91 Å². The second-order valence-electron chi connectivity index (χ2n) is 6.88. The van der Waals surface area contributed by atoms with E-state index in [2.05, 4.69) is 26.5 Å². The summed E-state index contributed by atoms with van der Waals surface area (Å²) in [5.74, 6) is 0.140. The highest BCUT2D eigenvalue weighted by atomic mass is 79.9. The number of phenolic OH excluding ortho intramolecular Hbond substituents is 1. The lowest BCUT2D eigenvalue weighted by Gasteiger charge is -2.09. The summed E-state index contributed by atoms with van der Waals surface area (Å²) in [4.78, 5) is 12.4. The van der Waals surface area contributed by atoms with Crippen molar-refractivity contribution < 1.29 is 14.6 Å². The third-order valence-electron chi connectivity index (χ3n) is 4.68. The van der Waals surface area contributed by atoms with E-state index in [1.165, 1.54) is 6.21 Å². The summed E-state index contributed by atoms with van der Waals surface area (Å²) in [6.07, 6.45) is 1.53. The zero-order valence-corrected chi connectivity index (χ0v) is 18.0. The summed E-state index contributed by atoms with van der Waals surface area (Å²) in [6, 6.07) is 26.2. The smallest absolute Gasteiger partial charge is 0.275 e. The van der Waals surface area contributed by atoms with Gasteiger partial charge in [0.15, 0.2) is 0 Å². The first-order valence-corrected chi connectivity index (χ1v) is 10.4. The van der Waals surface area contributed by atoms with Crippen molar-refractivity contribution in [2.45, 2.75) is 6.61 Å². The number of nitrogens with one attached hydrogen (secondary N) is 1. The molecule has 4 rings (SSSR count). The Morgan fingerprint density at radius 3 is 2.42 bits per heavy atom. The third kappa shape index (κ3) is 5.10. The largest absolute Gasteiger partial charge is 0.507 e. The van der Waals surface area contributed by atoms with Crippen molar-refractivity contribution in [2.75, 3.05) is 0 Å². The van der Waals surface area contributed by atoms with E-state index < -0.39 is 5.91 Å². The Balaban J connectivity index is 1.40. The van der Waals surface area contributed by atoms with E-state index in [-0.39, 0.29) is 11.3 Å². The number of benzene rings is 4. The van der Waals surface area contributed by atoms with Crippen molar-refractivity contribution in [1.82, 2.24) is 5.43 Å². The maximum absolute atomic E-state index is 12.4. The molecular weight excluding hydrogens is 456 g/mol. The average molecular weight is 475 g/mol. The Bertz CT molecular complexity index is 1260. The molecule has 0 aliphatic rings. The molecule has 154 valence electrons. The molecule has 0 radical (unpaired) electrons. The number of carbonyl (C=O) groups excluding carboxylic acids is 1. The Hall–Kier alpha value is -3.64. The van der Waals surface area contributed by atoms with Crippen molar-refractivity contribution >= 4 is 38.8 Å². The van der Waals surface area contributed by atoms with Gasteiger partial charge < -0.3 is 9.84 Å². The molecule has 0 fully saturated rings. The van der Waals surface area contributed by atoms with Gasteiger partial charge in [0.2, 0.25) is 0 Å². The van der Waals surface area contributed by atoms with Crippen LogP contribution >= 0.6 is 15.9 Å². The molecule has 0 spiro atoms. The van der Waals surface area contributed by atoms with Crippen LogP contribution in [0.5, 0.6) is 11.5 Å². The van der Waals surface area contributed by atoms with Crippen LogP contribution in [0.2, 0.25) is 0 Å². The Labute approximate surface area is 188 Å². The maximum Gasteiger partial charge on any atom is 0.275 e. The molecule has 31 heavy (non-hydrogen) atoms. The number of fused-ring (bicyclic) bond motifs is 1. The van der Waals surface area contributed by atoms with E-state index in [0.29, 0.717) is 12.4 Å². The van der Waals surface area contributed by atoms with Gasteiger partial charge in [0, 0.05) is 0 Å². The molecule has 0 atom stereocenters. The van der Waals surface area contributed by atoms with Crippen LogP contribution in [0.4, 0.5) is 0 Å². The molecule has 1 amide bonds. The maximum atomic E-state index is 12.4. The SMILES string of the molecule is O=C(NN=Cc1ccc(OCc2ccccc2)c(Br)c1)c1cc2ccccc2cc1O. The minimum Gasteiger partial charge on any atom is -0.507 e. The average Bonchev–Trinajstić information content (AvgIpc) is 2.78. The van der Waals surface area contributed by atoms with Gasteiger partial charge in [-0.15, -0.1) is 0 Å². The molecule has 0 bridgehead atoms. The van der Waals surface area contributed by atoms with Crippen LogP contribution in [0.15, 0.2) is 94.5 Å². The van der Waals surface area contributed by atoms with Gasteiger partial charge in [-0.3, -0.25) is 4.79 Å². The standard InChI is InChI=1S/C25H19BrN2O3/c26-22-12-18(10-11-24(22)31-16-17-6-2-1-3-7-17)15-27-28-25(30)21-13-19-8-4-5-9-20(19)14-23(21)29/h1-15,29H,16H2,(H,28,30). The van der Waals surface area contributed by atoms with Crippen molar-refractivity contribution in [3.63, 3.8) is 0 Å². The number of rotatable bonds is 6. The molecule has 0 unspecified atom stereocenters. The number of phenols is 1. The first-order valence-electron chi connectivity index (χ1n) is 9.61. The van der Waals surface area contributed by atoms with E-state index in [9.17, 15) is 9.90 Å². The first kappa shape index (κ1) is 20.6. The predicted octanol–water partition coefficient (Wildman–Crippen LogP) is 5.65.